The van der Waals surface area contributed by atoms with Gasteiger partial charge in [-0.1, -0.05) is 0 Å². The first-order valence-electron chi connectivity index (χ1n) is 5.81. The minimum atomic E-state index is -1.07. The molecule has 4 N–H and O–H groups in total. The van der Waals surface area contributed by atoms with Crippen LogP contribution in [0.2, 0.25) is 0 Å². The number of pyridine rings is 1. The average molecular weight is 249 g/mol. The second-order valence-electron chi connectivity index (χ2n) is 4.53. The largest absolute Gasteiger partial charge is 0.478 e. The highest BCUT2D eigenvalue weighted by molar-refractivity contribution is 5.94. The first-order valence-corrected chi connectivity index (χ1v) is 5.81. The molecule has 1 saturated carbocycles. The van der Waals surface area contributed by atoms with E-state index < -0.39 is 5.97 Å². The molecule has 1 aromatic heterocycles. The van der Waals surface area contributed by atoms with E-state index in [1.165, 1.54) is 18.5 Å². The van der Waals surface area contributed by atoms with E-state index in [0.29, 0.717) is 12.1 Å². The Hall–Kier alpha value is -1.95. The summed E-state index contributed by atoms with van der Waals surface area (Å²) in [5, 5.41) is 11.5. The Bertz CT molecular complexity index is 475. The van der Waals surface area contributed by atoms with Gasteiger partial charge in [0.15, 0.2) is 0 Å². The summed E-state index contributed by atoms with van der Waals surface area (Å²) in [6, 6.07) is 1.48. The fourth-order valence-corrected chi connectivity index (χ4v) is 2.12. The van der Waals surface area contributed by atoms with Crippen LogP contribution >= 0.6 is 0 Å². The van der Waals surface area contributed by atoms with E-state index in [9.17, 15) is 9.59 Å². The summed E-state index contributed by atoms with van der Waals surface area (Å²) in [7, 11) is 0. The van der Waals surface area contributed by atoms with Gasteiger partial charge in [-0.15, -0.1) is 0 Å². The Morgan fingerprint density at radius 1 is 1.39 bits per heavy atom. The highest BCUT2D eigenvalue weighted by atomic mass is 16.4. The number of aromatic nitrogens is 1. The number of anilines is 1. The van der Waals surface area contributed by atoms with Crippen LogP contribution in [-0.2, 0) is 4.79 Å². The third kappa shape index (κ3) is 2.84. The van der Waals surface area contributed by atoms with Crippen molar-refractivity contribution in [3.8, 4) is 0 Å². The molecule has 0 saturated heterocycles. The van der Waals surface area contributed by atoms with Gasteiger partial charge in [0.1, 0.15) is 0 Å². The second kappa shape index (κ2) is 5.14. The maximum Gasteiger partial charge on any atom is 0.337 e. The number of aromatic carboxylic acids is 1. The van der Waals surface area contributed by atoms with E-state index in [1.54, 1.807) is 0 Å². The van der Waals surface area contributed by atoms with Gasteiger partial charge >= 0.3 is 5.97 Å². The number of nitrogens with two attached hydrogens (primary N) is 1. The Labute approximate surface area is 104 Å². The molecule has 0 bridgehead atoms. The molecule has 0 spiro atoms. The van der Waals surface area contributed by atoms with Crippen molar-refractivity contribution in [3.63, 3.8) is 0 Å². The van der Waals surface area contributed by atoms with Crippen LogP contribution in [0.25, 0.3) is 0 Å². The van der Waals surface area contributed by atoms with Gasteiger partial charge in [0.05, 0.1) is 17.4 Å². The molecule has 1 aromatic rings. The third-order valence-electron chi connectivity index (χ3n) is 3.10. The predicted molar refractivity (Wildman–Crippen MR) is 65.1 cm³/mol. The summed E-state index contributed by atoms with van der Waals surface area (Å²) >= 11 is 0. The van der Waals surface area contributed by atoms with Crippen molar-refractivity contribution in [3.05, 3.63) is 24.0 Å². The lowest BCUT2D eigenvalue weighted by Gasteiger charge is -2.10. The Balaban J connectivity index is 2.03. The quantitative estimate of drug-likeness (QED) is 0.736. The molecule has 2 atom stereocenters. The summed E-state index contributed by atoms with van der Waals surface area (Å²) in [5.41, 5.74) is 6.20. The van der Waals surface area contributed by atoms with E-state index in [-0.39, 0.29) is 23.4 Å². The summed E-state index contributed by atoms with van der Waals surface area (Å²) in [6.45, 7) is 0. The van der Waals surface area contributed by atoms with Crippen molar-refractivity contribution in [2.75, 3.05) is 5.32 Å². The lowest BCUT2D eigenvalue weighted by Crippen LogP contribution is -2.23. The van der Waals surface area contributed by atoms with Crippen molar-refractivity contribution in [2.24, 2.45) is 11.7 Å². The molecule has 0 radical (unpaired) electrons. The fourth-order valence-electron chi connectivity index (χ4n) is 2.12. The normalized spacial score (nSPS) is 22.7. The van der Waals surface area contributed by atoms with Crippen molar-refractivity contribution in [1.82, 2.24) is 4.98 Å². The Morgan fingerprint density at radius 2 is 2.17 bits per heavy atom. The van der Waals surface area contributed by atoms with Crippen molar-refractivity contribution in [1.29, 1.82) is 0 Å². The van der Waals surface area contributed by atoms with Crippen LogP contribution in [0.4, 0.5) is 5.69 Å². The van der Waals surface area contributed by atoms with Gasteiger partial charge in [0.25, 0.3) is 0 Å². The molecule has 0 aliphatic heterocycles. The van der Waals surface area contributed by atoms with Gasteiger partial charge in [0.2, 0.25) is 5.91 Å². The molecule has 0 aromatic carbocycles. The second-order valence-corrected chi connectivity index (χ2v) is 4.53. The lowest BCUT2D eigenvalue weighted by molar-refractivity contribution is -0.119. The number of nitrogens with zero attached hydrogens (tertiary/aromatic N) is 1. The van der Waals surface area contributed by atoms with E-state index in [4.69, 9.17) is 10.8 Å². The zero-order valence-electron chi connectivity index (χ0n) is 9.80. The van der Waals surface area contributed by atoms with Gasteiger partial charge < -0.3 is 16.2 Å². The lowest BCUT2D eigenvalue weighted by atomic mass is 10.1. The predicted octanol–water partition coefficient (Wildman–Crippen LogP) is 0.846. The molecule has 1 aliphatic carbocycles. The van der Waals surface area contributed by atoms with E-state index in [2.05, 4.69) is 10.3 Å². The van der Waals surface area contributed by atoms with Crippen LogP contribution in [0.5, 0.6) is 0 Å². The van der Waals surface area contributed by atoms with Crippen LogP contribution < -0.4 is 11.1 Å². The summed E-state index contributed by atoms with van der Waals surface area (Å²) < 4.78 is 0. The molecule has 18 heavy (non-hydrogen) atoms. The zero-order chi connectivity index (χ0) is 13.1. The number of amides is 1. The van der Waals surface area contributed by atoms with Gasteiger partial charge in [-0.2, -0.15) is 0 Å². The maximum atomic E-state index is 11.9. The molecular weight excluding hydrogens is 234 g/mol. The molecule has 6 nitrogen and oxygen atoms in total. The molecule has 1 heterocycles. The molecular formula is C12H15N3O3. The highest BCUT2D eigenvalue weighted by Crippen LogP contribution is 2.25. The van der Waals surface area contributed by atoms with Crippen LogP contribution in [0.3, 0.4) is 0 Å². The average Bonchev–Trinajstić information content (AvgIpc) is 2.76. The summed E-state index contributed by atoms with van der Waals surface area (Å²) in [6.07, 6.45) is 4.98. The number of rotatable bonds is 3. The first-order chi connectivity index (χ1) is 8.56. The number of nitrogens with one attached hydrogen (secondary N) is 1. The van der Waals surface area contributed by atoms with Gasteiger partial charge in [-0.05, 0) is 25.3 Å². The van der Waals surface area contributed by atoms with Crippen LogP contribution in [-0.4, -0.2) is 28.0 Å². The Morgan fingerprint density at radius 3 is 2.78 bits per heavy atom. The molecule has 96 valence electrons. The van der Waals surface area contributed by atoms with E-state index >= 15 is 0 Å². The fraction of sp³-hybridized carbons (Fsp3) is 0.417. The van der Waals surface area contributed by atoms with Crippen molar-refractivity contribution >= 4 is 17.6 Å². The van der Waals surface area contributed by atoms with Crippen molar-refractivity contribution in [2.45, 2.75) is 25.3 Å². The van der Waals surface area contributed by atoms with Crippen LogP contribution in [0, 0.1) is 5.92 Å². The number of carboxylic acids is 1. The van der Waals surface area contributed by atoms with Crippen molar-refractivity contribution < 1.29 is 14.7 Å². The summed E-state index contributed by atoms with van der Waals surface area (Å²) in [5.74, 6) is -1.28. The monoisotopic (exact) mass is 249 g/mol. The molecule has 1 amide bonds. The standard InChI is InChI=1S/C12H15N3O3/c13-9-2-1-7(3-9)11(16)15-10-4-8(12(17)18)5-14-6-10/h4-7,9H,1-3,13H2,(H,15,16)(H,17,18). The highest BCUT2D eigenvalue weighted by Gasteiger charge is 2.27. The van der Waals surface area contributed by atoms with Gasteiger partial charge in [-0.3, -0.25) is 9.78 Å². The SMILES string of the molecule is NC1CCC(C(=O)Nc2cncc(C(=O)O)c2)C1. The van der Waals surface area contributed by atoms with E-state index in [0.717, 1.165) is 12.8 Å². The molecule has 2 unspecified atom stereocenters. The molecule has 2 rings (SSSR count). The van der Waals surface area contributed by atoms with E-state index in [1.807, 2.05) is 0 Å². The molecule has 6 heteroatoms. The van der Waals surface area contributed by atoms with Gasteiger partial charge in [0, 0.05) is 18.2 Å². The number of carboxylic acid groups (broad SMARTS) is 1. The zero-order valence-corrected chi connectivity index (χ0v) is 9.80. The number of hydrogen-bond acceptors (Lipinski definition) is 4. The first kappa shape index (κ1) is 12.5. The number of carbonyl (C=O) groups is 2. The smallest absolute Gasteiger partial charge is 0.337 e. The maximum absolute atomic E-state index is 11.9. The topological polar surface area (TPSA) is 105 Å². The summed E-state index contributed by atoms with van der Waals surface area (Å²) in [4.78, 5) is 26.4. The van der Waals surface area contributed by atoms with Crippen LogP contribution in [0.1, 0.15) is 29.6 Å². The number of hydrogen-bond donors (Lipinski definition) is 3. The molecule has 1 aliphatic rings. The minimum absolute atomic E-state index is 0.0518. The minimum Gasteiger partial charge on any atom is -0.478 e. The van der Waals surface area contributed by atoms with Crippen LogP contribution in [0.15, 0.2) is 18.5 Å². The number of carbonyl (C=O) groups excluding carboxylic acids is 1. The van der Waals surface area contributed by atoms with Gasteiger partial charge in [-0.25, -0.2) is 4.79 Å². The Kier molecular flexibility index (Phi) is 3.57. The third-order valence-corrected chi connectivity index (χ3v) is 3.10. The molecule has 1 fully saturated rings.